The van der Waals surface area contributed by atoms with Crippen molar-refractivity contribution in [1.82, 2.24) is 10.6 Å². The molecule has 0 heterocycles. The van der Waals surface area contributed by atoms with Gasteiger partial charge in [-0.3, -0.25) is 14.8 Å². The molecule has 7 heteroatoms. The summed E-state index contributed by atoms with van der Waals surface area (Å²) in [5, 5.41) is 6.70. The van der Waals surface area contributed by atoms with Gasteiger partial charge in [-0.1, -0.05) is 116 Å². The Labute approximate surface area is 301 Å². The van der Waals surface area contributed by atoms with Gasteiger partial charge in [0.2, 0.25) is 0 Å². The van der Waals surface area contributed by atoms with E-state index in [1.807, 2.05) is 0 Å². The van der Waals surface area contributed by atoms with Crippen molar-refractivity contribution in [3.05, 3.63) is 137 Å². The summed E-state index contributed by atoms with van der Waals surface area (Å²) in [6, 6.07) is 35.2. The number of hydrogen-bond acceptors (Lipinski definition) is 6. The molecule has 3 atom stereocenters. The van der Waals surface area contributed by atoms with E-state index in [1.54, 1.807) is 30.3 Å². The number of fused-ring (bicyclic) bond motifs is 3. The van der Waals surface area contributed by atoms with Crippen molar-refractivity contribution < 1.29 is 13.3 Å². The van der Waals surface area contributed by atoms with Crippen LogP contribution in [0.15, 0.2) is 108 Å². The third kappa shape index (κ3) is 11.6. The van der Waals surface area contributed by atoms with E-state index in [0.717, 1.165) is 12.8 Å². The molecule has 3 aliphatic carbocycles. The molecule has 0 spiro atoms. The molecule has 3 aliphatic rings. The normalized spacial score (nSPS) is 17.8. The van der Waals surface area contributed by atoms with Crippen LogP contribution in [0.3, 0.4) is 0 Å². The van der Waals surface area contributed by atoms with Gasteiger partial charge in [0.05, 0.1) is 18.0 Å². The van der Waals surface area contributed by atoms with Crippen LogP contribution >= 0.6 is 10.9 Å². The summed E-state index contributed by atoms with van der Waals surface area (Å²) in [5.41, 5.74) is 14.4. The first-order valence-electron chi connectivity index (χ1n) is 16.6. The molecule has 50 heavy (non-hydrogen) atoms. The molecule has 6 nitrogen and oxygen atoms in total. The number of aryl methyl sites for hydroxylation is 3. The minimum absolute atomic E-state index is 0. The van der Waals surface area contributed by atoms with E-state index in [9.17, 15) is 9.11 Å². The van der Waals surface area contributed by atoms with Crippen LogP contribution in [0.5, 0.6) is 0 Å². The molecule has 0 bridgehead atoms. The highest BCUT2D eigenvalue weighted by molar-refractivity contribution is 8.20. The van der Waals surface area contributed by atoms with Crippen molar-refractivity contribution in [3.63, 3.8) is 0 Å². The maximum absolute atomic E-state index is 9.44. The predicted molar refractivity (Wildman–Crippen MR) is 209 cm³/mol. The van der Waals surface area contributed by atoms with Gasteiger partial charge in [-0.25, -0.2) is 0 Å². The van der Waals surface area contributed by atoms with Gasteiger partial charge >= 0.3 is 0 Å². The van der Waals surface area contributed by atoms with Crippen molar-refractivity contribution in [2.45, 2.75) is 69.0 Å². The molecule has 6 N–H and O–H groups in total. The summed E-state index contributed by atoms with van der Waals surface area (Å²) in [6.07, 6.45) is 22.4. The second kappa shape index (κ2) is 21.0. The lowest BCUT2D eigenvalue weighted by molar-refractivity contribution is 0.294. The fourth-order valence-electron chi connectivity index (χ4n) is 6.27. The van der Waals surface area contributed by atoms with Crippen LogP contribution in [-0.4, -0.2) is 28.8 Å². The van der Waals surface area contributed by atoms with Gasteiger partial charge in [0.15, 0.2) is 0 Å². The zero-order valence-corrected chi connectivity index (χ0v) is 28.7. The Balaban J connectivity index is 0.000000180. The molecule has 0 amide bonds. The predicted octanol–water partition coefficient (Wildman–Crippen LogP) is 8.42. The summed E-state index contributed by atoms with van der Waals surface area (Å²) >= 11 is 0. The Hall–Kier alpha value is -4.33. The lowest BCUT2D eigenvalue weighted by atomic mass is 10.1. The quantitative estimate of drug-likeness (QED) is 0.125. The smallest absolute Gasteiger partial charge is 0.125 e. The number of rotatable bonds is 7. The van der Waals surface area contributed by atoms with E-state index in [4.69, 9.17) is 29.2 Å². The summed E-state index contributed by atoms with van der Waals surface area (Å²) in [7, 11) is -3.16. The SMILES string of the molecule is C.C#CCNC1CCc2ccccc21.C#CCNC1CCc2ccccc21.C#CCOS(O)(O)c1ccccc1.N[C@@H]1CCc2ccccc21. The summed E-state index contributed by atoms with van der Waals surface area (Å²) in [6.45, 7) is 1.22. The lowest BCUT2D eigenvalue weighted by Gasteiger charge is -2.25. The van der Waals surface area contributed by atoms with Crippen LogP contribution in [0.2, 0.25) is 0 Å². The van der Waals surface area contributed by atoms with E-state index in [0.29, 0.717) is 36.1 Å². The fourth-order valence-corrected chi connectivity index (χ4v) is 7.15. The number of hydrogen-bond donors (Lipinski definition) is 5. The molecule has 0 saturated carbocycles. The highest BCUT2D eigenvalue weighted by atomic mass is 32.3. The number of terminal acetylenes is 3. The van der Waals surface area contributed by atoms with Crippen LogP contribution in [0.25, 0.3) is 0 Å². The maximum atomic E-state index is 9.44. The van der Waals surface area contributed by atoms with Crippen molar-refractivity contribution in [1.29, 1.82) is 0 Å². The van der Waals surface area contributed by atoms with Gasteiger partial charge in [-0.05, 0) is 84.0 Å². The average Bonchev–Trinajstić information content (AvgIpc) is 3.87. The van der Waals surface area contributed by atoms with E-state index in [-0.39, 0.29) is 14.0 Å². The van der Waals surface area contributed by atoms with Gasteiger partial charge in [-0.15, -0.1) is 19.3 Å². The van der Waals surface area contributed by atoms with E-state index < -0.39 is 10.9 Å². The molecule has 4 aromatic carbocycles. The minimum Gasteiger partial charge on any atom is -0.324 e. The summed E-state index contributed by atoms with van der Waals surface area (Å²) in [4.78, 5) is 0.338. The minimum atomic E-state index is -3.16. The van der Waals surface area contributed by atoms with Crippen molar-refractivity contribution in [2.75, 3.05) is 19.7 Å². The second-order valence-corrected chi connectivity index (χ2v) is 13.6. The Morgan fingerprint density at radius 3 is 1.50 bits per heavy atom. The highest BCUT2D eigenvalue weighted by Crippen LogP contribution is 2.48. The number of nitrogens with one attached hydrogen (secondary N) is 2. The molecule has 2 unspecified atom stereocenters. The Morgan fingerprint density at radius 2 is 1.04 bits per heavy atom. The van der Waals surface area contributed by atoms with Crippen molar-refractivity contribution >= 4 is 10.9 Å². The lowest BCUT2D eigenvalue weighted by Crippen LogP contribution is -2.19. The van der Waals surface area contributed by atoms with Gasteiger partial charge in [0.25, 0.3) is 0 Å². The second-order valence-electron chi connectivity index (χ2n) is 11.9. The monoisotopic (exact) mass is 689 g/mol. The molecule has 262 valence electrons. The molecular weight excluding hydrogens is 639 g/mol. The molecule has 4 aromatic rings. The van der Waals surface area contributed by atoms with E-state index >= 15 is 0 Å². The number of nitrogens with two attached hydrogens (primary N) is 1. The molecule has 0 aromatic heterocycles. The third-order valence-electron chi connectivity index (χ3n) is 8.70. The summed E-state index contributed by atoms with van der Waals surface area (Å²) in [5.74, 6) is 7.40. The third-order valence-corrected chi connectivity index (χ3v) is 10.0. The van der Waals surface area contributed by atoms with Crippen LogP contribution < -0.4 is 16.4 Å². The highest BCUT2D eigenvalue weighted by Gasteiger charge is 2.22. The van der Waals surface area contributed by atoms with Crippen LogP contribution in [-0.2, 0) is 23.4 Å². The van der Waals surface area contributed by atoms with Crippen LogP contribution in [0.1, 0.15) is 78.2 Å². The van der Waals surface area contributed by atoms with Crippen molar-refractivity contribution in [3.8, 4) is 37.0 Å². The molecule has 0 saturated heterocycles. The molecule has 0 fully saturated rings. The van der Waals surface area contributed by atoms with Crippen molar-refractivity contribution in [2.24, 2.45) is 5.73 Å². The summed E-state index contributed by atoms with van der Waals surface area (Å²) < 4.78 is 23.6. The first-order chi connectivity index (χ1) is 23.9. The number of benzene rings is 4. The maximum Gasteiger partial charge on any atom is 0.125 e. The van der Waals surface area contributed by atoms with Crippen LogP contribution in [0.4, 0.5) is 0 Å². The van der Waals surface area contributed by atoms with Gasteiger partial charge < -0.3 is 14.8 Å². The van der Waals surface area contributed by atoms with E-state index in [2.05, 4.69) is 101 Å². The molecular formula is C43H51N3O3S. The van der Waals surface area contributed by atoms with E-state index in [1.165, 1.54) is 59.1 Å². The molecule has 0 aliphatic heterocycles. The molecule has 0 radical (unpaired) electrons. The topological polar surface area (TPSA) is 99.8 Å². The zero-order chi connectivity index (χ0) is 34.9. The first-order valence-corrected chi connectivity index (χ1v) is 18.1. The molecule has 7 rings (SSSR count). The van der Waals surface area contributed by atoms with Gasteiger partial charge in [0, 0.05) is 18.1 Å². The average molecular weight is 690 g/mol. The largest absolute Gasteiger partial charge is 0.324 e. The Morgan fingerprint density at radius 1 is 0.620 bits per heavy atom. The van der Waals surface area contributed by atoms with Gasteiger partial charge in [0.1, 0.15) is 17.5 Å². The Kier molecular flexibility index (Phi) is 16.9. The van der Waals surface area contributed by atoms with Gasteiger partial charge in [-0.2, -0.15) is 0 Å². The standard InChI is InChI=1S/2C12H13N.C9H11N.C9H10O3S.CH4/c2*1-2-9-13-12-8-7-10-5-3-4-6-11(10)12;10-9-6-5-7-3-1-2-4-8(7)9;1-2-8-12-13(10,11)9-6-4-3-5-7-9;/h2*1,3-6,12-13H,7-9H2;1-4,9H,5-6,10H2;1,3-7,10-11H,8H2;1H4/t;;9-;;/m..1../s1. The zero-order valence-electron chi connectivity index (χ0n) is 27.9. The fraction of sp³-hybridized carbons (Fsp3) is 0.302. The van der Waals surface area contributed by atoms with Crippen LogP contribution in [0, 0.1) is 37.0 Å². The first kappa shape index (κ1) is 40.1. The Bertz CT molecular complexity index is 1670.